The van der Waals surface area contributed by atoms with Gasteiger partial charge in [-0.15, -0.1) is 0 Å². The minimum absolute atomic E-state index is 0.0337. The molecule has 0 saturated heterocycles. The smallest absolute Gasteiger partial charge is 0.337 e. The highest BCUT2D eigenvalue weighted by Gasteiger charge is 2.27. The first-order valence-corrected chi connectivity index (χ1v) is 5.22. The summed E-state index contributed by atoms with van der Waals surface area (Å²) in [5.74, 6) is -3.14. The molecular weight excluding hydrogens is 196 g/mol. The van der Waals surface area contributed by atoms with E-state index >= 15 is 0 Å². The van der Waals surface area contributed by atoms with Crippen molar-refractivity contribution in [2.45, 2.75) is 51.9 Å². The molecule has 0 aliphatic carbocycles. The number of rotatable bonds is 7. The second-order valence-corrected chi connectivity index (χ2v) is 3.72. The average Bonchev–Trinajstić information content (AvgIpc) is 2.11. The summed E-state index contributed by atoms with van der Waals surface area (Å²) < 4.78 is 4.45. The molecule has 0 aromatic rings. The molecule has 0 aromatic carbocycles. The molecule has 88 valence electrons. The van der Waals surface area contributed by atoms with Crippen LogP contribution in [0.3, 0.4) is 0 Å². The molecule has 0 bridgehead atoms. The van der Waals surface area contributed by atoms with Crippen molar-refractivity contribution < 1.29 is 19.7 Å². The van der Waals surface area contributed by atoms with Crippen molar-refractivity contribution in [3.63, 3.8) is 0 Å². The van der Waals surface area contributed by atoms with E-state index in [1.807, 2.05) is 0 Å². The topological polar surface area (TPSA) is 66.8 Å². The fraction of sp³-hybridized carbons (Fsp3) is 0.727. The van der Waals surface area contributed by atoms with Crippen LogP contribution in [-0.2, 0) is 9.53 Å². The van der Waals surface area contributed by atoms with E-state index in [0.29, 0.717) is 6.42 Å². The van der Waals surface area contributed by atoms with Crippen molar-refractivity contribution >= 4 is 5.97 Å². The molecule has 0 heterocycles. The van der Waals surface area contributed by atoms with Gasteiger partial charge in [0.2, 0.25) is 0 Å². The van der Waals surface area contributed by atoms with Gasteiger partial charge in [-0.2, -0.15) is 0 Å². The summed E-state index contributed by atoms with van der Waals surface area (Å²) in [5.41, 5.74) is 0.149. The highest BCUT2D eigenvalue weighted by molar-refractivity contribution is 5.87. The third-order valence-electron chi connectivity index (χ3n) is 1.96. The minimum Gasteiger partial charge on any atom is -0.405 e. The molecule has 0 aliphatic rings. The lowest BCUT2D eigenvalue weighted by Crippen LogP contribution is -2.34. The Bertz CT molecular complexity index is 221. The van der Waals surface area contributed by atoms with Gasteiger partial charge in [-0.1, -0.05) is 32.8 Å². The predicted molar refractivity (Wildman–Crippen MR) is 56.8 cm³/mol. The molecule has 0 atom stereocenters. The van der Waals surface area contributed by atoms with Crippen LogP contribution in [0, 0.1) is 0 Å². The fourth-order valence-electron chi connectivity index (χ4n) is 1.07. The fourth-order valence-corrected chi connectivity index (χ4v) is 1.07. The summed E-state index contributed by atoms with van der Waals surface area (Å²) in [7, 11) is 0. The lowest BCUT2D eigenvalue weighted by Gasteiger charge is -2.21. The molecule has 15 heavy (non-hydrogen) atoms. The van der Waals surface area contributed by atoms with Gasteiger partial charge < -0.3 is 14.9 Å². The molecular formula is C11H20O4. The summed E-state index contributed by atoms with van der Waals surface area (Å²) in [5, 5.41) is 18.6. The van der Waals surface area contributed by atoms with Crippen LogP contribution >= 0.6 is 0 Å². The van der Waals surface area contributed by atoms with Gasteiger partial charge in [-0.05, 0) is 13.3 Å². The molecule has 0 unspecified atom stereocenters. The van der Waals surface area contributed by atoms with Crippen molar-refractivity contribution in [2.24, 2.45) is 0 Å². The third kappa shape index (κ3) is 7.11. The van der Waals surface area contributed by atoms with E-state index in [1.165, 1.54) is 6.92 Å². The standard InChI is InChI=1S/C11H20O4/c1-4-5-6-7-8-11(13,14)15-10(12)9(2)3/h13-14H,2,4-8H2,1,3H3. The van der Waals surface area contributed by atoms with Gasteiger partial charge in [-0.25, -0.2) is 4.79 Å². The number of ether oxygens (including phenoxy) is 1. The summed E-state index contributed by atoms with van der Waals surface area (Å²) >= 11 is 0. The van der Waals surface area contributed by atoms with Crippen LogP contribution in [0.1, 0.15) is 46.0 Å². The summed E-state index contributed by atoms with van der Waals surface area (Å²) in [4.78, 5) is 11.0. The first-order valence-electron chi connectivity index (χ1n) is 5.22. The summed E-state index contributed by atoms with van der Waals surface area (Å²) in [6.45, 7) is 6.87. The Hall–Kier alpha value is -0.870. The zero-order chi connectivity index (χ0) is 11.9. The van der Waals surface area contributed by atoms with Crippen LogP contribution in [0.25, 0.3) is 0 Å². The molecule has 4 nitrogen and oxygen atoms in total. The minimum atomic E-state index is -2.36. The highest BCUT2D eigenvalue weighted by Crippen LogP contribution is 2.15. The SMILES string of the molecule is C=C(C)C(=O)OC(O)(O)CCCCCC. The van der Waals surface area contributed by atoms with Gasteiger partial charge in [0.15, 0.2) is 0 Å². The van der Waals surface area contributed by atoms with Gasteiger partial charge in [0, 0.05) is 12.0 Å². The Balaban J connectivity index is 3.86. The number of carbonyl (C=O) groups is 1. The van der Waals surface area contributed by atoms with Gasteiger partial charge in [0.25, 0.3) is 0 Å². The quantitative estimate of drug-likeness (QED) is 0.294. The van der Waals surface area contributed by atoms with E-state index in [-0.39, 0.29) is 12.0 Å². The van der Waals surface area contributed by atoms with Crippen LogP contribution < -0.4 is 0 Å². The van der Waals surface area contributed by atoms with Crippen molar-refractivity contribution in [1.82, 2.24) is 0 Å². The van der Waals surface area contributed by atoms with Gasteiger partial charge in [-0.3, -0.25) is 0 Å². The zero-order valence-electron chi connectivity index (χ0n) is 9.45. The van der Waals surface area contributed by atoms with Crippen LogP contribution in [0.4, 0.5) is 0 Å². The summed E-state index contributed by atoms with van der Waals surface area (Å²) in [6, 6.07) is 0. The molecule has 0 aromatic heterocycles. The first-order chi connectivity index (χ1) is 6.89. The first kappa shape index (κ1) is 14.1. The number of aliphatic hydroxyl groups is 2. The second-order valence-electron chi connectivity index (χ2n) is 3.72. The number of carbonyl (C=O) groups excluding carboxylic acids is 1. The lowest BCUT2D eigenvalue weighted by atomic mass is 10.1. The number of unbranched alkanes of at least 4 members (excludes halogenated alkanes) is 3. The largest absolute Gasteiger partial charge is 0.405 e. The third-order valence-corrected chi connectivity index (χ3v) is 1.96. The zero-order valence-corrected chi connectivity index (χ0v) is 9.45. The molecule has 4 heteroatoms. The molecule has 0 radical (unpaired) electrons. The summed E-state index contributed by atoms with van der Waals surface area (Å²) in [6.07, 6.45) is 3.64. The maximum absolute atomic E-state index is 11.0. The van der Waals surface area contributed by atoms with E-state index in [2.05, 4.69) is 18.2 Å². The van der Waals surface area contributed by atoms with Crippen LogP contribution in [-0.4, -0.2) is 22.2 Å². The van der Waals surface area contributed by atoms with Crippen LogP contribution in [0.15, 0.2) is 12.2 Å². The molecule has 0 spiro atoms. The Kier molecular flexibility index (Phi) is 6.20. The van der Waals surface area contributed by atoms with Crippen LogP contribution in [0.2, 0.25) is 0 Å². The Morgan fingerprint density at radius 2 is 1.93 bits per heavy atom. The molecule has 2 N–H and O–H groups in total. The monoisotopic (exact) mass is 216 g/mol. The number of hydrogen-bond acceptors (Lipinski definition) is 4. The predicted octanol–water partition coefficient (Wildman–Crippen LogP) is 1.71. The number of hydrogen-bond donors (Lipinski definition) is 2. The van der Waals surface area contributed by atoms with Crippen molar-refractivity contribution in [2.75, 3.05) is 0 Å². The van der Waals surface area contributed by atoms with Crippen LogP contribution in [0.5, 0.6) is 0 Å². The molecule has 0 aliphatic heterocycles. The number of esters is 1. The molecule has 0 amide bonds. The van der Waals surface area contributed by atoms with E-state index in [0.717, 1.165) is 19.3 Å². The molecule has 0 saturated carbocycles. The van der Waals surface area contributed by atoms with Gasteiger partial charge in [0.1, 0.15) is 0 Å². The average molecular weight is 216 g/mol. The van der Waals surface area contributed by atoms with Gasteiger partial charge >= 0.3 is 11.9 Å². The second kappa shape index (κ2) is 6.58. The maximum Gasteiger partial charge on any atom is 0.337 e. The Morgan fingerprint density at radius 1 is 1.33 bits per heavy atom. The van der Waals surface area contributed by atoms with E-state index in [4.69, 9.17) is 0 Å². The maximum atomic E-state index is 11.0. The van der Waals surface area contributed by atoms with Crippen molar-refractivity contribution in [3.05, 3.63) is 12.2 Å². The normalized spacial score (nSPS) is 11.2. The van der Waals surface area contributed by atoms with Gasteiger partial charge in [0.05, 0.1) is 0 Å². The Labute approximate surface area is 90.6 Å². The highest BCUT2D eigenvalue weighted by atomic mass is 16.8. The van der Waals surface area contributed by atoms with E-state index < -0.39 is 11.9 Å². The molecule has 0 rings (SSSR count). The Morgan fingerprint density at radius 3 is 2.40 bits per heavy atom. The molecule has 0 fully saturated rings. The lowest BCUT2D eigenvalue weighted by molar-refractivity contribution is -0.320. The van der Waals surface area contributed by atoms with E-state index in [1.54, 1.807) is 0 Å². The van der Waals surface area contributed by atoms with E-state index in [9.17, 15) is 15.0 Å². The van der Waals surface area contributed by atoms with Crippen molar-refractivity contribution in [1.29, 1.82) is 0 Å². The van der Waals surface area contributed by atoms with Crippen molar-refractivity contribution in [3.8, 4) is 0 Å².